The molecule has 3 aromatic carbocycles. The van der Waals surface area contributed by atoms with Crippen molar-refractivity contribution in [3.05, 3.63) is 66.7 Å². The molecule has 0 aliphatic rings. The maximum Gasteiger partial charge on any atom is 0.240 e. The van der Waals surface area contributed by atoms with E-state index in [-0.39, 0.29) is 17.3 Å². The van der Waals surface area contributed by atoms with Gasteiger partial charge in [-0.25, -0.2) is 18.1 Å². The Labute approximate surface area is 194 Å². The lowest BCUT2D eigenvalue weighted by atomic mass is 10.1. The highest BCUT2D eigenvalue weighted by Crippen LogP contribution is 2.34. The molecule has 0 unspecified atom stereocenters. The van der Waals surface area contributed by atoms with Gasteiger partial charge >= 0.3 is 0 Å². The smallest absolute Gasteiger partial charge is 0.240 e. The van der Waals surface area contributed by atoms with Gasteiger partial charge in [-0.05, 0) is 55.0 Å². The third-order valence-electron chi connectivity index (χ3n) is 5.21. The first-order valence-corrected chi connectivity index (χ1v) is 11.9. The second-order valence-electron chi connectivity index (χ2n) is 7.53. The lowest BCUT2D eigenvalue weighted by molar-refractivity contribution is 0.576. The lowest BCUT2D eigenvalue weighted by Gasteiger charge is -2.14. The van der Waals surface area contributed by atoms with Crippen LogP contribution in [0.1, 0.15) is 26.2 Å². The first kappa shape index (κ1) is 23.8. The van der Waals surface area contributed by atoms with Crippen LogP contribution >= 0.6 is 12.4 Å². The molecule has 6 nitrogen and oxygen atoms in total. The summed E-state index contributed by atoms with van der Waals surface area (Å²) in [4.78, 5) is 4.98. The van der Waals surface area contributed by atoms with Crippen molar-refractivity contribution in [3.8, 4) is 0 Å². The molecule has 8 heteroatoms. The summed E-state index contributed by atoms with van der Waals surface area (Å²) in [5, 5.41) is 5.38. The van der Waals surface area contributed by atoms with Crippen LogP contribution in [0.15, 0.2) is 71.6 Å². The number of anilines is 3. The second kappa shape index (κ2) is 10.2. The van der Waals surface area contributed by atoms with Crippen molar-refractivity contribution in [3.63, 3.8) is 0 Å². The number of unbranched alkanes of at least 4 members (excludes halogenated alkanes) is 2. The summed E-state index contributed by atoms with van der Waals surface area (Å²) in [5.74, 6) is 0. The minimum atomic E-state index is -3.51. The van der Waals surface area contributed by atoms with Crippen LogP contribution in [-0.4, -0.2) is 19.9 Å². The molecule has 0 aliphatic heterocycles. The zero-order chi connectivity index (χ0) is 21.8. The topological polar surface area (TPSA) is 97.1 Å². The molecule has 4 N–H and O–H groups in total. The van der Waals surface area contributed by atoms with Gasteiger partial charge in [0, 0.05) is 28.7 Å². The number of halogens is 1. The first-order chi connectivity index (χ1) is 15.0. The van der Waals surface area contributed by atoms with Gasteiger partial charge in [-0.2, -0.15) is 0 Å². The molecular weight excluding hydrogens is 444 g/mol. The summed E-state index contributed by atoms with van der Waals surface area (Å²) in [6.07, 6.45) is 2.89. The Kier molecular flexibility index (Phi) is 7.56. The number of nitrogens with one attached hydrogen (secondary N) is 2. The molecule has 1 aromatic heterocycles. The number of nitrogen functional groups attached to an aromatic ring is 1. The van der Waals surface area contributed by atoms with E-state index in [1.54, 1.807) is 24.3 Å². The fourth-order valence-corrected chi connectivity index (χ4v) is 4.65. The maximum absolute atomic E-state index is 12.5. The summed E-state index contributed by atoms with van der Waals surface area (Å²) in [6, 6.07) is 20.3. The molecule has 0 amide bonds. The van der Waals surface area contributed by atoms with Gasteiger partial charge in [-0.3, -0.25) is 0 Å². The average Bonchev–Trinajstić information content (AvgIpc) is 2.77. The van der Waals surface area contributed by atoms with Crippen LogP contribution in [0.5, 0.6) is 0 Å². The minimum Gasteiger partial charge on any atom is -0.399 e. The van der Waals surface area contributed by atoms with E-state index < -0.39 is 10.0 Å². The Morgan fingerprint density at radius 2 is 1.62 bits per heavy atom. The number of hydrogen-bond acceptors (Lipinski definition) is 5. The highest BCUT2D eigenvalue weighted by Gasteiger charge is 2.14. The van der Waals surface area contributed by atoms with Gasteiger partial charge in [-0.15, -0.1) is 12.4 Å². The Bertz CT molecular complexity index is 1330. The van der Waals surface area contributed by atoms with E-state index in [0.29, 0.717) is 12.2 Å². The van der Waals surface area contributed by atoms with Gasteiger partial charge in [-0.1, -0.05) is 38.0 Å². The molecule has 0 saturated carbocycles. The SMILES string of the molecule is CCCCCNS(=O)(=O)c1ccc(Nc2c3ccccc3nc3cc(N)ccc23)cc1.Cl. The molecule has 0 radical (unpaired) electrons. The summed E-state index contributed by atoms with van der Waals surface area (Å²) in [5.41, 5.74) is 9.98. The van der Waals surface area contributed by atoms with Gasteiger partial charge in [0.25, 0.3) is 0 Å². The number of pyridine rings is 1. The van der Waals surface area contributed by atoms with Crippen LogP contribution < -0.4 is 15.8 Å². The number of nitrogens with zero attached hydrogens (tertiary/aromatic N) is 1. The third-order valence-corrected chi connectivity index (χ3v) is 6.69. The number of aromatic nitrogens is 1. The molecule has 1 heterocycles. The Morgan fingerprint density at radius 3 is 2.38 bits per heavy atom. The van der Waals surface area contributed by atoms with Gasteiger partial charge in [0.1, 0.15) is 0 Å². The molecule has 0 spiro atoms. The van der Waals surface area contributed by atoms with E-state index in [0.717, 1.165) is 52.4 Å². The molecular formula is C24H27ClN4O2S. The van der Waals surface area contributed by atoms with E-state index in [9.17, 15) is 8.42 Å². The highest BCUT2D eigenvalue weighted by molar-refractivity contribution is 7.89. The Balaban J connectivity index is 0.00000289. The van der Waals surface area contributed by atoms with Gasteiger partial charge in [0.2, 0.25) is 10.0 Å². The number of benzene rings is 3. The largest absolute Gasteiger partial charge is 0.399 e. The molecule has 0 aliphatic carbocycles. The van der Waals surface area contributed by atoms with Crippen molar-refractivity contribution in [2.45, 2.75) is 31.1 Å². The quantitative estimate of drug-likeness (QED) is 0.177. The minimum absolute atomic E-state index is 0. The standard InChI is InChI=1S/C24H26N4O2S.ClH/c1-2-3-6-15-26-31(29,30)19-12-10-18(11-13-19)27-24-20-7-4-5-8-22(20)28-23-16-17(25)9-14-21(23)24;/h4-5,7-14,16,26H,2-3,6,15,25H2,1H3,(H,27,28);1H. The zero-order valence-electron chi connectivity index (χ0n) is 17.8. The van der Waals surface area contributed by atoms with Crippen LogP contribution in [0.4, 0.5) is 17.1 Å². The van der Waals surface area contributed by atoms with Crippen molar-refractivity contribution in [2.75, 3.05) is 17.6 Å². The number of para-hydroxylation sites is 1. The lowest BCUT2D eigenvalue weighted by Crippen LogP contribution is -2.24. The van der Waals surface area contributed by atoms with E-state index in [4.69, 9.17) is 10.7 Å². The maximum atomic E-state index is 12.5. The number of fused-ring (bicyclic) bond motifs is 2. The molecule has 0 fully saturated rings. The van der Waals surface area contributed by atoms with E-state index in [2.05, 4.69) is 17.0 Å². The molecule has 4 aromatic rings. The summed E-state index contributed by atoms with van der Waals surface area (Å²) in [7, 11) is -3.51. The molecule has 32 heavy (non-hydrogen) atoms. The molecule has 0 saturated heterocycles. The fraction of sp³-hybridized carbons (Fsp3) is 0.208. The normalized spacial score (nSPS) is 11.4. The van der Waals surface area contributed by atoms with Crippen molar-refractivity contribution in [1.82, 2.24) is 9.71 Å². The molecule has 4 rings (SSSR count). The summed E-state index contributed by atoms with van der Waals surface area (Å²) in [6.45, 7) is 2.54. The van der Waals surface area contributed by atoms with Crippen molar-refractivity contribution in [2.24, 2.45) is 0 Å². The van der Waals surface area contributed by atoms with Gasteiger partial charge in [0.05, 0.1) is 21.6 Å². The number of nitrogens with two attached hydrogens (primary N) is 1. The van der Waals surface area contributed by atoms with Crippen molar-refractivity contribution in [1.29, 1.82) is 0 Å². The van der Waals surface area contributed by atoms with Crippen LogP contribution in [-0.2, 0) is 10.0 Å². The van der Waals surface area contributed by atoms with E-state index >= 15 is 0 Å². The molecule has 0 atom stereocenters. The Morgan fingerprint density at radius 1 is 0.906 bits per heavy atom. The first-order valence-electron chi connectivity index (χ1n) is 10.4. The van der Waals surface area contributed by atoms with Gasteiger partial charge in [0.15, 0.2) is 0 Å². The predicted octanol–water partition coefficient (Wildman–Crippen LogP) is 5.60. The van der Waals surface area contributed by atoms with Crippen molar-refractivity contribution < 1.29 is 8.42 Å². The van der Waals surface area contributed by atoms with Crippen LogP contribution in [0.25, 0.3) is 21.8 Å². The fourth-order valence-electron chi connectivity index (χ4n) is 3.57. The van der Waals surface area contributed by atoms with Gasteiger partial charge < -0.3 is 11.1 Å². The van der Waals surface area contributed by atoms with Crippen LogP contribution in [0, 0.1) is 0 Å². The monoisotopic (exact) mass is 470 g/mol. The van der Waals surface area contributed by atoms with E-state index in [1.807, 2.05) is 42.5 Å². The third kappa shape index (κ3) is 5.12. The molecule has 168 valence electrons. The average molecular weight is 471 g/mol. The summed E-state index contributed by atoms with van der Waals surface area (Å²) < 4.78 is 27.7. The van der Waals surface area contributed by atoms with Crippen LogP contribution in [0.3, 0.4) is 0 Å². The molecule has 0 bridgehead atoms. The van der Waals surface area contributed by atoms with Crippen LogP contribution in [0.2, 0.25) is 0 Å². The van der Waals surface area contributed by atoms with E-state index in [1.165, 1.54) is 0 Å². The van der Waals surface area contributed by atoms with Crippen molar-refractivity contribution >= 4 is 61.3 Å². The summed E-state index contributed by atoms with van der Waals surface area (Å²) >= 11 is 0. The predicted molar refractivity (Wildman–Crippen MR) is 135 cm³/mol. The number of rotatable bonds is 8. The number of hydrogen-bond donors (Lipinski definition) is 3. The zero-order valence-corrected chi connectivity index (χ0v) is 19.5. The second-order valence-corrected chi connectivity index (χ2v) is 9.30. The Hall–Kier alpha value is -2.87. The highest BCUT2D eigenvalue weighted by atomic mass is 35.5. The number of sulfonamides is 1.